The monoisotopic (exact) mass is 530 g/mol. The van der Waals surface area contributed by atoms with Gasteiger partial charge in [0.1, 0.15) is 0 Å². The van der Waals surface area contributed by atoms with Gasteiger partial charge in [-0.1, -0.05) is 6.07 Å². The van der Waals surface area contributed by atoms with E-state index in [9.17, 15) is 27.6 Å². The van der Waals surface area contributed by atoms with Crippen LogP contribution in [0.3, 0.4) is 0 Å². The first-order valence-electron chi connectivity index (χ1n) is 11.9. The molecular formula is C26H25F3N4O3S. The van der Waals surface area contributed by atoms with Crippen molar-refractivity contribution in [3.63, 3.8) is 0 Å². The first kappa shape index (κ1) is 26.6. The number of thiophene rings is 1. The quantitative estimate of drug-likeness (QED) is 0.390. The van der Waals surface area contributed by atoms with Gasteiger partial charge in [0.25, 0.3) is 17.7 Å². The Morgan fingerprint density at radius 1 is 1.08 bits per heavy atom. The van der Waals surface area contributed by atoms with E-state index in [1.807, 2.05) is 22.4 Å². The van der Waals surface area contributed by atoms with Gasteiger partial charge >= 0.3 is 6.18 Å². The fraction of sp³-hybridized carbons (Fsp3) is 0.385. The average molecular weight is 531 g/mol. The lowest BCUT2D eigenvalue weighted by molar-refractivity contribution is -0.138. The smallest absolute Gasteiger partial charge is 0.335 e. The van der Waals surface area contributed by atoms with Crippen LogP contribution in [0, 0.1) is 11.3 Å². The second kappa shape index (κ2) is 10.9. The molecule has 0 atom stereocenters. The molecule has 2 aliphatic rings. The van der Waals surface area contributed by atoms with Gasteiger partial charge in [0, 0.05) is 37.3 Å². The van der Waals surface area contributed by atoms with Crippen LogP contribution in [-0.4, -0.2) is 60.2 Å². The van der Waals surface area contributed by atoms with Gasteiger partial charge in [-0.05, 0) is 62.4 Å². The van der Waals surface area contributed by atoms with E-state index in [2.05, 4.69) is 4.90 Å². The highest BCUT2D eigenvalue weighted by molar-refractivity contribution is 7.12. The van der Waals surface area contributed by atoms with Crippen molar-refractivity contribution in [1.29, 1.82) is 5.26 Å². The molecule has 11 heteroatoms. The van der Waals surface area contributed by atoms with Crippen LogP contribution >= 0.6 is 11.3 Å². The highest BCUT2D eigenvalue weighted by Gasteiger charge is 2.39. The Balaban J connectivity index is 1.30. The number of rotatable bonds is 7. The third-order valence-electron chi connectivity index (χ3n) is 6.67. The number of anilines is 1. The number of alkyl halides is 3. The molecule has 0 saturated carbocycles. The van der Waals surface area contributed by atoms with E-state index < -0.39 is 29.1 Å². The van der Waals surface area contributed by atoms with Crippen molar-refractivity contribution < 1.29 is 27.6 Å². The molecule has 2 aliphatic heterocycles. The van der Waals surface area contributed by atoms with Crippen molar-refractivity contribution in [2.45, 2.75) is 32.4 Å². The SMILES string of the molecule is CC1=C(CCCCN2CCN(C(=O)c3cccs3)CC2)C(=O)N(c2ccc(C#N)c(C(F)(F)F)c2)C1=O. The highest BCUT2D eigenvalue weighted by Crippen LogP contribution is 2.36. The van der Waals surface area contributed by atoms with Crippen LogP contribution in [-0.2, 0) is 15.8 Å². The minimum absolute atomic E-state index is 0.0515. The standard InChI is InChI=1S/C26H25F3N4O3S/c1-17-20(5-2-3-9-31-10-12-32(13-11-31)25(36)22-6-4-14-37-22)24(35)33(23(17)34)19-8-7-18(16-30)21(15-19)26(27,28)29/h4,6-8,14-15H,2-3,5,9-13H2,1H3. The zero-order valence-electron chi connectivity index (χ0n) is 20.2. The Hall–Kier alpha value is -3.49. The lowest BCUT2D eigenvalue weighted by Gasteiger charge is -2.34. The summed E-state index contributed by atoms with van der Waals surface area (Å²) in [7, 11) is 0. The lowest BCUT2D eigenvalue weighted by atomic mass is 10.0. The van der Waals surface area contributed by atoms with Gasteiger partial charge in [0.15, 0.2) is 0 Å². The van der Waals surface area contributed by atoms with Gasteiger partial charge < -0.3 is 4.90 Å². The number of nitrogens with zero attached hydrogens (tertiary/aromatic N) is 4. The van der Waals surface area contributed by atoms with E-state index in [1.54, 1.807) is 0 Å². The largest absolute Gasteiger partial charge is 0.417 e. The predicted octanol–water partition coefficient (Wildman–Crippen LogP) is 4.46. The first-order chi connectivity index (χ1) is 17.6. The molecule has 0 N–H and O–H groups in total. The first-order valence-corrected chi connectivity index (χ1v) is 12.7. The third-order valence-corrected chi connectivity index (χ3v) is 7.53. The summed E-state index contributed by atoms with van der Waals surface area (Å²) < 4.78 is 40.1. The number of hydrogen-bond acceptors (Lipinski definition) is 6. The third kappa shape index (κ3) is 5.60. The minimum Gasteiger partial charge on any atom is -0.335 e. The van der Waals surface area contributed by atoms with Crippen LogP contribution in [0.5, 0.6) is 0 Å². The van der Waals surface area contributed by atoms with E-state index in [0.29, 0.717) is 37.6 Å². The van der Waals surface area contributed by atoms with Gasteiger partial charge in [0.2, 0.25) is 0 Å². The molecule has 0 spiro atoms. The molecule has 0 unspecified atom stereocenters. The summed E-state index contributed by atoms with van der Waals surface area (Å²) in [6.07, 6.45) is -3.05. The van der Waals surface area contributed by atoms with Gasteiger partial charge in [-0.2, -0.15) is 18.4 Å². The van der Waals surface area contributed by atoms with E-state index in [1.165, 1.54) is 30.4 Å². The number of unbranched alkanes of at least 4 members (excludes halogenated alkanes) is 1. The van der Waals surface area contributed by atoms with E-state index in [0.717, 1.165) is 41.9 Å². The summed E-state index contributed by atoms with van der Waals surface area (Å²) in [5.41, 5.74) is -1.43. The number of imide groups is 1. The number of hydrogen-bond donors (Lipinski definition) is 0. The molecule has 37 heavy (non-hydrogen) atoms. The second-order valence-corrected chi connectivity index (χ2v) is 9.90. The number of nitriles is 1. The Kier molecular flexibility index (Phi) is 7.80. The van der Waals surface area contributed by atoms with Gasteiger partial charge in [-0.3, -0.25) is 19.3 Å². The zero-order valence-corrected chi connectivity index (χ0v) is 21.0. The Morgan fingerprint density at radius 2 is 1.81 bits per heavy atom. The molecule has 1 saturated heterocycles. The molecule has 2 aromatic rings. The van der Waals surface area contributed by atoms with Crippen LogP contribution in [0.15, 0.2) is 46.9 Å². The summed E-state index contributed by atoms with van der Waals surface area (Å²) in [5.74, 6) is -1.22. The number of halogens is 3. The number of benzene rings is 1. The van der Waals surface area contributed by atoms with E-state index in [4.69, 9.17) is 5.26 Å². The fourth-order valence-corrected chi connectivity index (χ4v) is 5.28. The topological polar surface area (TPSA) is 84.7 Å². The number of carbonyl (C=O) groups is 3. The van der Waals surface area contributed by atoms with Crippen molar-refractivity contribution >= 4 is 34.7 Å². The molecule has 4 rings (SSSR count). The summed E-state index contributed by atoms with van der Waals surface area (Å²) in [5, 5.41) is 10.9. The molecule has 194 valence electrons. The normalized spacial score (nSPS) is 17.1. The maximum absolute atomic E-state index is 13.4. The van der Waals surface area contributed by atoms with Gasteiger partial charge in [-0.15, -0.1) is 11.3 Å². The van der Waals surface area contributed by atoms with E-state index in [-0.39, 0.29) is 17.2 Å². The molecule has 0 bridgehead atoms. The molecule has 1 aromatic heterocycles. The van der Waals surface area contributed by atoms with Gasteiger partial charge in [-0.25, -0.2) is 4.90 Å². The second-order valence-electron chi connectivity index (χ2n) is 8.96. The van der Waals surface area contributed by atoms with Crippen LogP contribution in [0.25, 0.3) is 0 Å². The van der Waals surface area contributed by atoms with Crippen LogP contribution < -0.4 is 4.90 Å². The van der Waals surface area contributed by atoms with Crippen molar-refractivity contribution in [3.05, 3.63) is 62.9 Å². The zero-order chi connectivity index (χ0) is 26.7. The van der Waals surface area contributed by atoms with Crippen molar-refractivity contribution in [1.82, 2.24) is 9.80 Å². The molecular weight excluding hydrogens is 505 g/mol. The maximum Gasteiger partial charge on any atom is 0.417 e. The molecule has 0 radical (unpaired) electrons. The molecule has 1 aromatic carbocycles. The molecule has 3 amide bonds. The summed E-state index contributed by atoms with van der Waals surface area (Å²) >= 11 is 1.43. The van der Waals surface area contributed by atoms with Crippen molar-refractivity contribution in [2.24, 2.45) is 0 Å². The fourth-order valence-electron chi connectivity index (χ4n) is 4.58. The Morgan fingerprint density at radius 3 is 2.43 bits per heavy atom. The summed E-state index contributed by atoms with van der Waals surface area (Å²) in [4.78, 5) is 43.8. The molecule has 7 nitrogen and oxygen atoms in total. The highest BCUT2D eigenvalue weighted by atomic mass is 32.1. The maximum atomic E-state index is 13.4. The van der Waals surface area contributed by atoms with Crippen molar-refractivity contribution in [3.8, 4) is 6.07 Å². The average Bonchev–Trinajstić information content (AvgIpc) is 3.49. The summed E-state index contributed by atoms with van der Waals surface area (Å²) in [6, 6.07) is 8.00. The van der Waals surface area contributed by atoms with Gasteiger partial charge in [0.05, 0.1) is 27.8 Å². The number of carbonyl (C=O) groups excluding carboxylic acids is 3. The Bertz CT molecular complexity index is 1270. The van der Waals surface area contributed by atoms with Crippen molar-refractivity contribution in [2.75, 3.05) is 37.6 Å². The lowest BCUT2D eigenvalue weighted by Crippen LogP contribution is -2.48. The molecule has 1 fully saturated rings. The van der Waals surface area contributed by atoms with Crippen LogP contribution in [0.2, 0.25) is 0 Å². The summed E-state index contributed by atoms with van der Waals surface area (Å²) in [6.45, 7) is 5.09. The molecule has 0 aliphatic carbocycles. The van der Waals surface area contributed by atoms with Crippen LogP contribution in [0.1, 0.15) is 47.0 Å². The predicted molar refractivity (Wildman–Crippen MR) is 132 cm³/mol. The minimum atomic E-state index is -4.79. The Labute approximate surface area is 216 Å². The molecule has 3 heterocycles. The van der Waals surface area contributed by atoms with E-state index >= 15 is 0 Å². The number of piperazine rings is 1. The number of amides is 3. The van der Waals surface area contributed by atoms with Crippen LogP contribution in [0.4, 0.5) is 18.9 Å².